The van der Waals surface area contributed by atoms with Gasteiger partial charge in [0.05, 0.1) is 23.9 Å². The molecule has 1 aliphatic carbocycles. The van der Waals surface area contributed by atoms with Crippen LogP contribution < -0.4 is 5.32 Å². The molecule has 1 N–H and O–H groups in total. The van der Waals surface area contributed by atoms with Crippen LogP contribution in [-0.2, 0) is 4.74 Å². The van der Waals surface area contributed by atoms with Crippen molar-refractivity contribution in [3.63, 3.8) is 0 Å². The number of ether oxygens (including phenoxy) is 1. The third-order valence-electron chi connectivity index (χ3n) is 5.81. The summed E-state index contributed by atoms with van der Waals surface area (Å²) in [5.41, 5.74) is 0.632. The predicted octanol–water partition coefficient (Wildman–Crippen LogP) is 4.15. The minimum Gasteiger partial charge on any atom is -0.444 e. The minimum atomic E-state index is 0.308. The Morgan fingerprint density at radius 1 is 1.37 bits per heavy atom. The Bertz CT molecular complexity index is 838. The van der Waals surface area contributed by atoms with Crippen LogP contribution in [-0.4, -0.2) is 48.3 Å². The number of hydrogen-bond donors (Lipinski definition) is 1. The number of hydrogen-bond acceptors (Lipinski definition) is 6. The second-order valence-electron chi connectivity index (χ2n) is 7.70. The van der Waals surface area contributed by atoms with Crippen LogP contribution in [0.1, 0.15) is 38.4 Å². The van der Waals surface area contributed by atoms with Crippen LogP contribution >= 0.6 is 15.9 Å². The highest BCUT2D eigenvalue weighted by Gasteiger charge is 2.27. The van der Waals surface area contributed by atoms with Gasteiger partial charge in [-0.05, 0) is 54.5 Å². The molecule has 0 unspecified atom stereocenters. The van der Waals surface area contributed by atoms with Crippen molar-refractivity contribution in [3.05, 3.63) is 22.5 Å². The first-order valence-corrected chi connectivity index (χ1v) is 10.5. The van der Waals surface area contributed by atoms with E-state index in [1.54, 1.807) is 12.3 Å². The molecule has 1 saturated heterocycles. The third-order valence-corrected chi connectivity index (χ3v) is 6.61. The van der Waals surface area contributed by atoms with E-state index >= 15 is 0 Å². The van der Waals surface area contributed by atoms with Crippen LogP contribution in [0.3, 0.4) is 0 Å². The van der Waals surface area contributed by atoms with Gasteiger partial charge in [0.25, 0.3) is 0 Å². The highest BCUT2D eigenvalue weighted by molar-refractivity contribution is 9.10. The normalized spacial score (nSPS) is 26.8. The largest absolute Gasteiger partial charge is 0.444 e. The molecule has 0 bridgehead atoms. The Kier molecular flexibility index (Phi) is 5.67. The van der Waals surface area contributed by atoms with E-state index in [1.165, 1.54) is 19.4 Å². The van der Waals surface area contributed by atoms with Gasteiger partial charge in [0.1, 0.15) is 11.9 Å². The summed E-state index contributed by atoms with van der Waals surface area (Å²) >= 11 is 3.62. The third kappa shape index (κ3) is 4.13. The molecule has 1 aliphatic heterocycles. The standard InChI is InChI=1S/C20H25BrN4O2/c1-13-12-26-7-6-25(13)11-14-2-4-15(5-3-14)24-20-19(21)17-8-16(9-22)27-18(17)10-23-20/h8,10,13-15H,2-7,11-12H2,1H3,(H,23,24)/t13-,14?,15?/m0/s1. The highest BCUT2D eigenvalue weighted by Crippen LogP contribution is 2.34. The summed E-state index contributed by atoms with van der Waals surface area (Å²) in [5, 5.41) is 13.5. The lowest BCUT2D eigenvalue weighted by atomic mass is 9.85. The lowest BCUT2D eigenvalue weighted by Gasteiger charge is -2.38. The lowest BCUT2D eigenvalue weighted by Crippen LogP contribution is -2.46. The van der Waals surface area contributed by atoms with Gasteiger partial charge in [-0.2, -0.15) is 5.26 Å². The Hall–Kier alpha value is -1.62. The first-order chi connectivity index (χ1) is 13.1. The molecule has 2 aliphatic rings. The summed E-state index contributed by atoms with van der Waals surface area (Å²) in [6.45, 7) is 6.24. The number of nitrogens with zero attached hydrogens (tertiary/aromatic N) is 3. The number of halogens is 1. The number of furan rings is 1. The van der Waals surface area contributed by atoms with Crippen molar-refractivity contribution in [2.24, 2.45) is 5.92 Å². The van der Waals surface area contributed by atoms with Crippen molar-refractivity contribution in [2.45, 2.75) is 44.7 Å². The van der Waals surface area contributed by atoms with E-state index in [0.717, 1.165) is 54.2 Å². The van der Waals surface area contributed by atoms with Crippen molar-refractivity contribution >= 4 is 32.7 Å². The van der Waals surface area contributed by atoms with Crippen molar-refractivity contribution in [2.75, 3.05) is 31.6 Å². The van der Waals surface area contributed by atoms with Crippen molar-refractivity contribution in [1.82, 2.24) is 9.88 Å². The molecule has 3 heterocycles. The summed E-state index contributed by atoms with van der Waals surface area (Å²) in [7, 11) is 0. The molecular weight excluding hydrogens is 408 g/mol. The number of nitrogens with one attached hydrogen (secondary N) is 1. The van der Waals surface area contributed by atoms with Crippen molar-refractivity contribution in [1.29, 1.82) is 5.26 Å². The number of pyridine rings is 1. The molecule has 0 amide bonds. The average molecular weight is 433 g/mol. The molecule has 144 valence electrons. The van der Waals surface area contributed by atoms with E-state index in [-0.39, 0.29) is 0 Å². The average Bonchev–Trinajstić information content (AvgIpc) is 3.12. The zero-order valence-electron chi connectivity index (χ0n) is 15.6. The van der Waals surface area contributed by atoms with Crippen LogP contribution in [0, 0.1) is 17.2 Å². The van der Waals surface area contributed by atoms with Crippen LogP contribution in [0.5, 0.6) is 0 Å². The van der Waals surface area contributed by atoms with Gasteiger partial charge < -0.3 is 14.5 Å². The molecule has 6 nitrogen and oxygen atoms in total. The summed E-state index contributed by atoms with van der Waals surface area (Å²) < 4.78 is 11.9. The van der Waals surface area contributed by atoms with Crippen LogP contribution in [0.2, 0.25) is 0 Å². The van der Waals surface area contributed by atoms with Gasteiger partial charge in [0, 0.05) is 36.6 Å². The zero-order chi connectivity index (χ0) is 18.8. The molecule has 2 aromatic heterocycles. The van der Waals surface area contributed by atoms with Gasteiger partial charge in [0.2, 0.25) is 5.76 Å². The molecule has 0 spiro atoms. The Morgan fingerprint density at radius 3 is 2.93 bits per heavy atom. The fourth-order valence-corrected chi connectivity index (χ4v) is 4.71. The monoisotopic (exact) mass is 432 g/mol. The van der Waals surface area contributed by atoms with Gasteiger partial charge in [-0.25, -0.2) is 4.98 Å². The van der Waals surface area contributed by atoms with Crippen LogP contribution in [0.25, 0.3) is 11.0 Å². The minimum absolute atomic E-state index is 0.308. The maximum absolute atomic E-state index is 9.01. The molecule has 1 saturated carbocycles. The highest BCUT2D eigenvalue weighted by atomic mass is 79.9. The number of aromatic nitrogens is 1. The van der Waals surface area contributed by atoms with E-state index in [1.807, 2.05) is 6.07 Å². The Balaban J connectivity index is 1.34. The second kappa shape index (κ2) is 8.17. The molecule has 2 aromatic rings. The second-order valence-corrected chi connectivity index (χ2v) is 8.50. The molecule has 7 heteroatoms. The molecule has 0 radical (unpaired) electrons. The fraction of sp³-hybridized carbons (Fsp3) is 0.600. The van der Waals surface area contributed by atoms with Crippen molar-refractivity contribution < 1.29 is 9.15 Å². The number of rotatable bonds is 4. The topological polar surface area (TPSA) is 74.3 Å². The molecule has 2 fully saturated rings. The number of nitriles is 1. The summed E-state index contributed by atoms with van der Waals surface area (Å²) in [6.07, 6.45) is 6.49. The summed E-state index contributed by atoms with van der Waals surface area (Å²) in [5.74, 6) is 1.91. The Morgan fingerprint density at radius 2 is 2.19 bits per heavy atom. The number of fused-ring (bicyclic) bond motifs is 1. The SMILES string of the molecule is C[C@H]1COCCN1CC1CCC(Nc2ncc3oc(C#N)cc3c2Br)CC1. The van der Waals surface area contributed by atoms with Gasteiger partial charge >= 0.3 is 0 Å². The summed E-state index contributed by atoms with van der Waals surface area (Å²) in [4.78, 5) is 7.07. The predicted molar refractivity (Wildman–Crippen MR) is 108 cm³/mol. The van der Waals surface area contributed by atoms with E-state index in [0.29, 0.717) is 23.4 Å². The van der Waals surface area contributed by atoms with Gasteiger partial charge in [-0.1, -0.05) is 0 Å². The molecule has 27 heavy (non-hydrogen) atoms. The number of morpholine rings is 1. The van der Waals surface area contributed by atoms with Crippen LogP contribution in [0.4, 0.5) is 5.82 Å². The van der Waals surface area contributed by atoms with E-state index in [9.17, 15) is 0 Å². The van der Waals surface area contributed by atoms with Crippen LogP contribution in [0.15, 0.2) is 21.2 Å². The Labute approximate surface area is 168 Å². The van der Waals surface area contributed by atoms with Gasteiger partial charge in [-0.15, -0.1) is 0 Å². The zero-order valence-corrected chi connectivity index (χ0v) is 17.2. The quantitative estimate of drug-likeness (QED) is 0.781. The molecule has 0 aromatic carbocycles. The first kappa shape index (κ1) is 18.7. The maximum Gasteiger partial charge on any atom is 0.204 e. The number of anilines is 1. The lowest BCUT2D eigenvalue weighted by molar-refractivity contribution is -0.00979. The van der Waals surface area contributed by atoms with E-state index < -0.39 is 0 Å². The van der Waals surface area contributed by atoms with E-state index in [4.69, 9.17) is 14.4 Å². The summed E-state index contributed by atoms with van der Waals surface area (Å²) in [6, 6.07) is 4.77. The van der Waals surface area contributed by atoms with Gasteiger partial charge in [-0.3, -0.25) is 4.90 Å². The molecular formula is C20H25BrN4O2. The smallest absolute Gasteiger partial charge is 0.204 e. The van der Waals surface area contributed by atoms with Crippen molar-refractivity contribution in [3.8, 4) is 6.07 Å². The molecule has 1 atom stereocenters. The van der Waals surface area contributed by atoms with E-state index in [2.05, 4.69) is 38.1 Å². The fourth-order valence-electron chi connectivity index (χ4n) is 4.18. The van der Waals surface area contributed by atoms with Gasteiger partial charge in [0.15, 0.2) is 5.58 Å². The first-order valence-electron chi connectivity index (χ1n) is 9.70. The maximum atomic E-state index is 9.01. The molecule has 4 rings (SSSR count).